The highest BCUT2D eigenvalue weighted by Crippen LogP contribution is 2.30. The summed E-state index contributed by atoms with van der Waals surface area (Å²) in [5.41, 5.74) is 3.92. The Morgan fingerprint density at radius 1 is 0.808 bits per heavy atom. The molecule has 0 atom stereocenters. The van der Waals surface area contributed by atoms with Crippen molar-refractivity contribution in [3.05, 3.63) is 88.5 Å². The van der Waals surface area contributed by atoms with Gasteiger partial charge in [0.15, 0.2) is 11.6 Å². The van der Waals surface area contributed by atoms with Crippen molar-refractivity contribution in [2.45, 2.75) is 26.7 Å². The first kappa shape index (κ1) is 17.9. The van der Waals surface area contributed by atoms with Crippen LogP contribution in [0.2, 0.25) is 0 Å². The molecule has 1 aliphatic carbocycles. The number of aryl methyl sites for hydroxylation is 1. The molecular formula is C23H23NO2. The molecular weight excluding hydrogens is 322 g/mol. The Morgan fingerprint density at radius 2 is 1.46 bits per heavy atom. The number of hydrogen-bond donors (Lipinski definition) is 1. The fourth-order valence-corrected chi connectivity index (χ4v) is 3.17. The fourth-order valence-electron chi connectivity index (χ4n) is 3.17. The van der Waals surface area contributed by atoms with E-state index in [1.54, 1.807) is 18.2 Å². The van der Waals surface area contributed by atoms with Gasteiger partial charge in [0.2, 0.25) is 0 Å². The highest BCUT2D eigenvalue weighted by atomic mass is 16.1. The number of benzene rings is 2. The second-order valence-electron chi connectivity index (χ2n) is 6.36. The Hall–Kier alpha value is -2.94. The summed E-state index contributed by atoms with van der Waals surface area (Å²) in [5.74, 6) is -0.147. The van der Waals surface area contributed by atoms with E-state index in [-0.39, 0.29) is 11.6 Å². The summed E-state index contributed by atoms with van der Waals surface area (Å²) in [6.07, 6.45) is 9.87. The topological polar surface area (TPSA) is 46.2 Å². The van der Waals surface area contributed by atoms with Gasteiger partial charge in [-0.2, -0.15) is 0 Å². The number of allylic oxidation sites excluding steroid dienone is 3. The van der Waals surface area contributed by atoms with Crippen molar-refractivity contribution >= 4 is 17.3 Å². The number of hydrogen-bond acceptors (Lipinski definition) is 3. The molecule has 26 heavy (non-hydrogen) atoms. The summed E-state index contributed by atoms with van der Waals surface area (Å²) in [5, 5.41) is 3.24. The normalized spacial score (nSPS) is 13.3. The van der Waals surface area contributed by atoms with E-state index < -0.39 is 0 Å². The molecule has 0 unspecified atom stereocenters. The second kappa shape index (κ2) is 7.96. The van der Waals surface area contributed by atoms with Crippen molar-refractivity contribution in [2.24, 2.45) is 0 Å². The summed E-state index contributed by atoms with van der Waals surface area (Å²) >= 11 is 0. The predicted octanol–water partition coefficient (Wildman–Crippen LogP) is 4.96. The molecule has 0 saturated heterocycles. The molecule has 1 N–H and O–H groups in total. The van der Waals surface area contributed by atoms with Gasteiger partial charge in [-0.25, -0.2) is 0 Å². The van der Waals surface area contributed by atoms with Crippen molar-refractivity contribution in [1.82, 2.24) is 0 Å². The molecule has 1 aliphatic rings. The van der Waals surface area contributed by atoms with Crippen LogP contribution in [0.4, 0.5) is 5.69 Å². The Morgan fingerprint density at radius 3 is 2.19 bits per heavy atom. The molecule has 0 spiro atoms. The summed E-state index contributed by atoms with van der Waals surface area (Å²) in [7, 11) is 0. The summed E-state index contributed by atoms with van der Waals surface area (Å²) in [6, 6.07) is 11.0. The molecule has 0 heterocycles. The Labute approximate surface area is 154 Å². The van der Waals surface area contributed by atoms with Crippen molar-refractivity contribution in [3.63, 3.8) is 0 Å². The Kier molecular flexibility index (Phi) is 5.47. The van der Waals surface area contributed by atoms with E-state index in [4.69, 9.17) is 0 Å². The van der Waals surface area contributed by atoms with E-state index in [0.717, 1.165) is 24.1 Å². The lowest BCUT2D eigenvalue weighted by molar-refractivity contribution is 0.0979. The summed E-state index contributed by atoms with van der Waals surface area (Å²) in [4.78, 5) is 25.8. The number of anilines is 1. The maximum Gasteiger partial charge on any atom is 0.194 e. The van der Waals surface area contributed by atoms with Crippen LogP contribution >= 0.6 is 0 Å². The highest BCUT2D eigenvalue weighted by molar-refractivity contribution is 6.28. The van der Waals surface area contributed by atoms with Crippen molar-refractivity contribution in [2.75, 3.05) is 11.9 Å². The first-order valence-corrected chi connectivity index (χ1v) is 8.98. The van der Waals surface area contributed by atoms with Crippen molar-refractivity contribution < 1.29 is 9.59 Å². The minimum absolute atomic E-state index is 0.0721. The highest BCUT2D eigenvalue weighted by Gasteiger charge is 2.29. The molecule has 0 saturated carbocycles. The van der Waals surface area contributed by atoms with Crippen LogP contribution in [0.3, 0.4) is 0 Å². The van der Waals surface area contributed by atoms with Crippen LogP contribution < -0.4 is 5.32 Å². The number of ketones is 2. The van der Waals surface area contributed by atoms with Crippen LogP contribution in [-0.2, 0) is 6.42 Å². The maximum absolute atomic E-state index is 13.0. The lowest BCUT2D eigenvalue weighted by Gasteiger charge is -2.19. The van der Waals surface area contributed by atoms with E-state index in [0.29, 0.717) is 28.8 Å². The predicted molar refractivity (Wildman–Crippen MR) is 106 cm³/mol. The van der Waals surface area contributed by atoms with E-state index in [2.05, 4.69) is 11.4 Å². The van der Waals surface area contributed by atoms with Crippen LogP contribution in [0.25, 0.3) is 0 Å². The molecule has 0 bridgehead atoms. The van der Waals surface area contributed by atoms with Crippen LogP contribution in [0.5, 0.6) is 0 Å². The molecule has 0 aliphatic heterocycles. The zero-order valence-electron chi connectivity index (χ0n) is 15.2. The zero-order valence-corrected chi connectivity index (χ0v) is 15.2. The van der Waals surface area contributed by atoms with E-state index in [9.17, 15) is 9.59 Å². The van der Waals surface area contributed by atoms with E-state index in [1.165, 1.54) is 0 Å². The van der Waals surface area contributed by atoms with E-state index in [1.807, 2.05) is 50.3 Å². The minimum Gasteiger partial charge on any atom is -0.382 e. The summed E-state index contributed by atoms with van der Waals surface area (Å²) in [6.45, 7) is 4.64. The van der Waals surface area contributed by atoms with Crippen LogP contribution in [0.1, 0.15) is 57.7 Å². The molecule has 3 rings (SSSR count). The average Bonchev–Trinajstić information content (AvgIpc) is 2.66. The molecule has 132 valence electrons. The summed E-state index contributed by atoms with van der Waals surface area (Å²) < 4.78 is 0. The van der Waals surface area contributed by atoms with Crippen LogP contribution in [-0.4, -0.2) is 18.1 Å². The molecule has 2 aromatic carbocycles. The first-order valence-electron chi connectivity index (χ1n) is 8.98. The van der Waals surface area contributed by atoms with Crippen LogP contribution in [0.15, 0.2) is 60.7 Å². The van der Waals surface area contributed by atoms with Gasteiger partial charge in [0.25, 0.3) is 0 Å². The van der Waals surface area contributed by atoms with Gasteiger partial charge in [-0.05, 0) is 56.5 Å². The van der Waals surface area contributed by atoms with Gasteiger partial charge < -0.3 is 5.32 Å². The molecule has 3 heteroatoms. The number of fused-ring (bicyclic) bond motifs is 2. The fraction of sp³-hybridized carbons (Fsp3) is 0.217. The lowest BCUT2D eigenvalue weighted by Crippen LogP contribution is -2.21. The van der Waals surface area contributed by atoms with Gasteiger partial charge in [0.05, 0.1) is 0 Å². The third-order valence-electron chi connectivity index (χ3n) is 4.58. The van der Waals surface area contributed by atoms with Gasteiger partial charge in [-0.3, -0.25) is 9.59 Å². The Bertz CT molecular complexity index is 835. The molecule has 0 aromatic heterocycles. The SMILES string of the molecule is C/C=C\CCc1ccc2c(c1)C(=O)c1cc(NC/C=C\C)ccc1C2=O. The molecule has 0 fully saturated rings. The van der Waals surface area contributed by atoms with Gasteiger partial charge in [-0.15, -0.1) is 0 Å². The largest absolute Gasteiger partial charge is 0.382 e. The van der Waals surface area contributed by atoms with Crippen molar-refractivity contribution in [1.29, 1.82) is 0 Å². The van der Waals surface area contributed by atoms with Gasteiger partial charge in [0.1, 0.15) is 0 Å². The molecule has 0 radical (unpaired) electrons. The lowest BCUT2D eigenvalue weighted by atomic mass is 9.83. The second-order valence-corrected chi connectivity index (χ2v) is 6.36. The number of nitrogens with one attached hydrogen (secondary N) is 1. The average molecular weight is 345 g/mol. The molecule has 3 nitrogen and oxygen atoms in total. The monoisotopic (exact) mass is 345 g/mol. The smallest absolute Gasteiger partial charge is 0.194 e. The van der Waals surface area contributed by atoms with E-state index >= 15 is 0 Å². The van der Waals surface area contributed by atoms with Gasteiger partial charge in [0, 0.05) is 34.5 Å². The number of rotatable bonds is 6. The standard InChI is InChI=1S/C23H23NO2/c1-3-5-7-8-16-9-11-18-20(14-16)23(26)21-15-17(24-13-6-4-2)10-12-19(21)22(18)25/h3-6,9-12,14-15,24H,7-8,13H2,1-2H3/b5-3-,6-4-. The number of carbonyl (C=O) groups excluding carboxylic acids is 2. The van der Waals surface area contributed by atoms with Crippen LogP contribution in [0, 0.1) is 0 Å². The maximum atomic E-state index is 13.0. The number of carbonyl (C=O) groups is 2. The Balaban J connectivity index is 1.93. The van der Waals surface area contributed by atoms with Gasteiger partial charge in [-0.1, -0.05) is 36.4 Å². The van der Waals surface area contributed by atoms with Crippen molar-refractivity contribution in [3.8, 4) is 0 Å². The quantitative estimate of drug-likeness (QED) is 0.642. The third-order valence-corrected chi connectivity index (χ3v) is 4.58. The first-order chi connectivity index (χ1) is 12.7. The molecule has 0 amide bonds. The third kappa shape index (κ3) is 3.52. The van der Waals surface area contributed by atoms with Gasteiger partial charge >= 0.3 is 0 Å². The zero-order chi connectivity index (χ0) is 18.5. The molecule has 2 aromatic rings. The minimum atomic E-state index is -0.0744.